The molecule has 0 unspecified atom stereocenters. The van der Waals surface area contributed by atoms with Gasteiger partial charge in [0.2, 0.25) is 0 Å². The maximum atomic E-state index is 13.2. The topological polar surface area (TPSA) is 55.2 Å². The summed E-state index contributed by atoms with van der Waals surface area (Å²) >= 11 is 0. The van der Waals surface area contributed by atoms with Crippen LogP contribution in [0.2, 0.25) is 0 Å². The Morgan fingerprint density at radius 2 is 1.90 bits per heavy atom. The Bertz CT molecular complexity index is 656. The second-order valence-corrected chi connectivity index (χ2v) is 4.68. The summed E-state index contributed by atoms with van der Waals surface area (Å²) in [5.74, 6) is -0.271. The highest BCUT2D eigenvalue weighted by Gasteiger charge is 2.08. The summed E-state index contributed by atoms with van der Waals surface area (Å²) in [6, 6.07) is 9.28. The van der Waals surface area contributed by atoms with E-state index in [1.807, 2.05) is 6.92 Å². The highest BCUT2D eigenvalue weighted by molar-refractivity contribution is 5.55. The Hall–Kier alpha value is -2.43. The van der Waals surface area contributed by atoms with Crippen molar-refractivity contribution in [2.24, 2.45) is 0 Å². The molecule has 2 aromatic carbocycles. The summed E-state index contributed by atoms with van der Waals surface area (Å²) in [7, 11) is 0. The molecular weight excluding hydrogens is 259 g/mol. The summed E-state index contributed by atoms with van der Waals surface area (Å²) in [4.78, 5) is 10.2. The molecule has 4 nitrogen and oxygen atoms in total. The van der Waals surface area contributed by atoms with Gasteiger partial charge in [-0.05, 0) is 48.7 Å². The molecule has 0 aliphatic rings. The third kappa shape index (κ3) is 3.12. The predicted molar refractivity (Wildman–Crippen MR) is 76.3 cm³/mol. The van der Waals surface area contributed by atoms with Gasteiger partial charge in [0.15, 0.2) is 0 Å². The van der Waals surface area contributed by atoms with E-state index in [1.165, 1.54) is 24.3 Å². The van der Waals surface area contributed by atoms with E-state index in [9.17, 15) is 14.5 Å². The molecule has 0 amide bonds. The number of benzene rings is 2. The second kappa shape index (κ2) is 5.69. The minimum Gasteiger partial charge on any atom is -0.381 e. The number of nitro groups is 1. The maximum Gasteiger partial charge on any atom is 0.269 e. The minimum absolute atomic E-state index is 0.0648. The quantitative estimate of drug-likeness (QED) is 0.678. The van der Waals surface area contributed by atoms with E-state index in [-0.39, 0.29) is 11.5 Å². The fourth-order valence-electron chi connectivity index (χ4n) is 1.98. The summed E-state index contributed by atoms with van der Waals surface area (Å²) in [6.45, 7) is 4.19. The van der Waals surface area contributed by atoms with Crippen LogP contribution < -0.4 is 5.32 Å². The number of nitrogens with one attached hydrogen (secondary N) is 1. The Morgan fingerprint density at radius 1 is 1.15 bits per heavy atom. The predicted octanol–water partition coefficient (Wildman–Crippen LogP) is 3.96. The normalized spacial score (nSPS) is 10.3. The maximum absolute atomic E-state index is 13.2. The molecule has 0 spiro atoms. The number of anilines is 1. The van der Waals surface area contributed by atoms with Crippen molar-refractivity contribution < 1.29 is 9.31 Å². The number of non-ortho nitro benzene ring substituents is 1. The molecule has 0 fully saturated rings. The number of nitrogens with zero attached hydrogens (tertiary/aromatic N) is 1. The van der Waals surface area contributed by atoms with Gasteiger partial charge in [-0.25, -0.2) is 4.39 Å². The molecule has 0 aliphatic carbocycles. The van der Waals surface area contributed by atoms with Gasteiger partial charge in [0.25, 0.3) is 5.69 Å². The van der Waals surface area contributed by atoms with Crippen LogP contribution in [0.5, 0.6) is 0 Å². The molecule has 0 saturated heterocycles. The van der Waals surface area contributed by atoms with Crippen LogP contribution in [0.25, 0.3) is 0 Å². The molecule has 0 atom stereocenters. The van der Waals surface area contributed by atoms with E-state index >= 15 is 0 Å². The van der Waals surface area contributed by atoms with Crippen LogP contribution in [-0.2, 0) is 6.54 Å². The third-order valence-corrected chi connectivity index (χ3v) is 3.20. The summed E-state index contributed by atoms with van der Waals surface area (Å²) in [5.41, 5.74) is 3.52. The van der Waals surface area contributed by atoms with Crippen LogP contribution in [-0.4, -0.2) is 4.92 Å². The van der Waals surface area contributed by atoms with Crippen molar-refractivity contribution in [1.29, 1.82) is 0 Å². The van der Waals surface area contributed by atoms with Crippen molar-refractivity contribution in [3.05, 3.63) is 69.0 Å². The summed E-state index contributed by atoms with van der Waals surface area (Å²) in [5, 5.41) is 13.8. The summed E-state index contributed by atoms with van der Waals surface area (Å²) < 4.78 is 13.2. The average molecular weight is 274 g/mol. The van der Waals surface area contributed by atoms with Crippen molar-refractivity contribution in [2.75, 3.05) is 5.32 Å². The zero-order chi connectivity index (χ0) is 14.7. The molecule has 104 valence electrons. The zero-order valence-corrected chi connectivity index (χ0v) is 11.3. The van der Waals surface area contributed by atoms with Crippen molar-refractivity contribution in [3.8, 4) is 0 Å². The van der Waals surface area contributed by atoms with Crippen molar-refractivity contribution in [1.82, 2.24) is 0 Å². The molecule has 0 aromatic heterocycles. The largest absolute Gasteiger partial charge is 0.381 e. The van der Waals surface area contributed by atoms with E-state index < -0.39 is 4.92 Å². The Kier molecular flexibility index (Phi) is 3.98. The van der Waals surface area contributed by atoms with Crippen molar-refractivity contribution in [2.45, 2.75) is 20.4 Å². The molecular formula is C15H15FN2O2. The monoisotopic (exact) mass is 274 g/mol. The molecule has 2 rings (SSSR count). The van der Waals surface area contributed by atoms with Crippen molar-refractivity contribution >= 4 is 11.4 Å². The lowest BCUT2D eigenvalue weighted by molar-refractivity contribution is -0.384. The number of hydrogen-bond acceptors (Lipinski definition) is 3. The van der Waals surface area contributed by atoms with Gasteiger partial charge in [-0.1, -0.05) is 6.07 Å². The lowest BCUT2D eigenvalue weighted by Crippen LogP contribution is -2.03. The molecule has 0 heterocycles. The molecule has 1 N–H and O–H groups in total. The lowest BCUT2D eigenvalue weighted by Gasteiger charge is -2.11. The number of nitro benzene ring substituents is 1. The molecule has 0 aliphatic heterocycles. The average Bonchev–Trinajstić information content (AvgIpc) is 2.40. The summed E-state index contributed by atoms with van der Waals surface area (Å²) in [6.07, 6.45) is 0. The van der Waals surface area contributed by atoms with E-state index in [0.717, 1.165) is 22.4 Å². The van der Waals surface area contributed by atoms with Gasteiger partial charge in [-0.3, -0.25) is 10.1 Å². The highest BCUT2D eigenvalue weighted by Crippen LogP contribution is 2.22. The molecule has 5 heteroatoms. The number of aryl methyl sites for hydroxylation is 2. The van der Waals surface area contributed by atoms with E-state index in [2.05, 4.69) is 5.32 Å². The molecule has 0 bridgehead atoms. The molecule has 2 aromatic rings. The van der Waals surface area contributed by atoms with Crippen LogP contribution in [0.15, 0.2) is 36.4 Å². The van der Waals surface area contributed by atoms with Gasteiger partial charge >= 0.3 is 0 Å². The Morgan fingerprint density at radius 3 is 2.55 bits per heavy atom. The Labute approximate surface area is 116 Å². The highest BCUT2D eigenvalue weighted by atomic mass is 19.1. The van der Waals surface area contributed by atoms with Gasteiger partial charge in [-0.2, -0.15) is 0 Å². The van der Waals surface area contributed by atoms with Gasteiger partial charge < -0.3 is 5.32 Å². The van der Waals surface area contributed by atoms with Crippen LogP contribution in [0.4, 0.5) is 15.8 Å². The fourth-order valence-corrected chi connectivity index (χ4v) is 1.98. The van der Waals surface area contributed by atoms with E-state index in [0.29, 0.717) is 6.54 Å². The number of halogens is 1. The SMILES string of the molecule is Cc1ccc(F)cc1CNc1ccc([N+](=O)[O-])cc1C. The molecule has 0 radical (unpaired) electrons. The first-order chi connectivity index (χ1) is 9.47. The first-order valence-electron chi connectivity index (χ1n) is 6.21. The van der Waals surface area contributed by atoms with Gasteiger partial charge in [0, 0.05) is 24.4 Å². The van der Waals surface area contributed by atoms with Crippen LogP contribution in [0.1, 0.15) is 16.7 Å². The first kappa shape index (κ1) is 14.0. The third-order valence-electron chi connectivity index (χ3n) is 3.20. The van der Waals surface area contributed by atoms with E-state index in [4.69, 9.17) is 0 Å². The fraction of sp³-hybridized carbons (Fsp3) is 0.200. The van der Waals surface area contributed by atoms with Crippen LogP contribution in [0, 0.1) is 29.8 Å². The minimum atomic E-state index is -0.423. The number of hydrogen-bond donors (Lipinski definition) is 1. The standard InChI is InChI=1S/C15H15FN2O2/c1-10-3-4-13(16)8-12(10)9-17-15-6-5-14(18(19)20)7-11(15)2/h3-8,17H,9H2,1-2H3. The zero-order valence-electron chi connectivity index (χ0n) is 11.3. The van der Waals surface area contributed by atoms with Crippen LogP contribution in [0.3, 0.4) is 0 Å². The number of rotatable bonds is 4. The van der Waals surface area contributed by atoms with E-state index in [1.54, 1.807) is 19.1 Å². The van der Waals surface area contributed by atoms with Gasteiger partial charge in [-0.15, -0.1) is 0 Å². The van der Waals surface area contributed by atoms with Gasteiger partial charge in [0.05, 0.1) is 4.92 Å². The smallest absolute Gasteiger partial charge is 0.269 e. The van der Waals surface area contributed by atoms with Crippen LogP contribution >= 0.6 is 0 Å². The molecule has 0 saturated carbocycles. The van der Waals surface area contributed by atoms with Crippen molar-refractivity contribution in [3.63, 3.8) is 0 Å². The van der Waals surface area contributed by atoms with Gasteiger partial charge in [0.1, 0.15) is 5.82 Å². The Balaban J connectivity index is 2.15. The molecule has 20 heavy (non-hydrogen) atoms. The first-order valence-corrected chi connectivity index (χ1v) is 6.21. The lowest BCUT2D eigenvalue weighted by atomic mass is 10.1. The second-order valence-electron chi connectivity index (χ2n) is 4.68.